The second kappa shape index (κ2) is 9.29. The van der Waals surface area contributed by atoms with Gasteiger partial charge in [-0.1, -0.05) is 6.07 Å². The molecule has 0 saturated carbocycles. The van der Waals surface area contributed by atoms with Gasteiger partial charge in [0.2, 0.25) is 0 Å². The van der Waals surface area contributed by atoms with Crippen LogP contribution in [0.25, 0.3) is 0 Å². The lowest BCUT2D eigenvalue weighted by Crippen LogP contribution is -2.37. The maximum absolute atomic E-state index is 5.71. The number of nitrogens with zero attached hydrogens (tertiary/aromatic N) is 2. The Hall–Kier alpha value is -1.98. The molecule has 1 aliphatic heterocycles. The summed E-state index contributed by atoms with van der Waals surface area (Å²) in [6, 6.07) is 10.3. The molecule has 0 bridgehead atoms. The van der Waals surface area contributed by atoms with Gasteiger partial charge in [0, 0.05) is 13.1 Å². The number of hydrogen-bond acceptors (Lipinski definition) is 5. The molecule has 0 atom stereocenters. The van der Waals surface area contributed by atoms with Gasteiger partial charge >= 0.3 is 0 Å². The van der Waals surface area contributed by atoms with Crippen molar-refractivity contribution >= 4 is 0 Å². The van der Waals surface area contributed by atoms with E-state index in [-0.39, 0.29) is 0 Å². The van der Waals surface area contributed by atoms with E-state index in [4.69, 9.17) is 13.9 Å². The average Bonchev–Trinajstić information content (AvgIpc) is 3.08. The van der Waals surface area contributed by atoms with Crippen molar-refractivity contribution in [1.29, 1.82) is 0 Å². The van der Waals surface area contributed by atoms with E-state index >= 15 is 0 Å². The van der Waals surface area contributed by atoms with E-state index in [0.29, 0.717) is 0 Å². The van der Waals surface area contributed by atoms with Gasteiger partial charge in [-0.3, -0.25) is 4.90 Å². The molecule has 2 aromatic rings. The number of hydrogen-bond donors (Lipinski definition) is 0. The minimum atomic E-state index is 0.754. The Bertz CT molecular complexity index is 720. The summed E-state index contributed by atoms with van der Waals surface area (Å²) in [7, 11) is 5.56. The van der Waals surface area contributed by atoms with Crippen molar-refractivity contribution in [1.82, 2.24) is 9.80 Å². The fraction of sp³-hybridized carbons (Fsp3) is 0.545. The Morgan fingerprint density at radius 1 is 1.07 bits per heavy atom. The first kappa shape index (κ1) is 19.8. The van der Waals surface area contributed by atoms with Crippen molar-refractivity contribution in [2.24, 2.45) is 5.92 Å². The molecule has 0 aliphatic carbocycles. The van der Waals surface area contributed by atoms with Crippen LogP contribution >= 0.6 is 0 Å². The van der Waals surface area contributed by atoms with Gasteiger partial charge < -0.3 is 18.8 Å². The van der Waals surface area contributed by atoms with Crippen LogP contribution in [0.5, 0.6) is 11.5 Å². The molecule has 0 amide bonds. The summed E-state index contributed by atoms with van der Waals surface area (Å²) >= 11 is 0. The maximum atomic E-state index is 5.71. The van der Waals surface area contributed by atoms with E-state index in [1.807, 2.05) is 19.1 Å². The van der Waals surface area contributed by atoms with Gasteiger partial charge in [0.25, 0.3) is 0 Å². The third-order valence-corrected chi connectivity index (χ3v) is 5.35. The minimum Gasteiger partial charge on any atom is -0.493 e. The number of furan rings is 1. The summed E-state index contributed by atoms with van der Waals surface area (Å²) < 4.78 is 16.4. The Morgan fingerprint density at radius 2 is 1.81 bits per heavy atom. The maximum Gasteiger partial charge on any atom is 0.161 e. The lowest BCUT2D eigenvalue weighted by atomic mass is 9.96. The summed E-state index contributed by atoms with van der Waals surface area (Å²) in [4.78, 5) is 4.92. The zero-order valence-electron chi connectivity index (χ0n) is 17.0. The van der Waals surface area contributed by atoms with E-state index in [2.05, 4.69) is 35.0 Å². The number of piperidine rings is 1. The molecular weight excluding hydrogens is 340 g/mol. The third-order valence-electron chi connectivity index (χ3n) is 5.35. The van der Waals surface area contributed by atoms with Gasteiger partial charge in [0.15, 0.2) is 11.5 Å². The fourth-order valence-corrected chi connectivity index (χ4v) is 3.91. The van der Waals surface area contributed by atoms with Crippen LogP contribution in [0.1, 0.15) is 29.9 Å². The predicted octanol–water partition coefficient (Wildman–Crippen LogP) is 3.95. The second-order valence-corrected chi connectivity index (χ2v) is 7.62. The predicted molar refractivity (Wildman–Crippen MR) is 107 cm³/mol. The van der Waals surface area contributed by atoms with Gasteiger partial charge in [0.05, 0.1) is 20.8 Å². The first-order chi connectivity index (χ1) is 13.1. The number of benzene rings is 1. The van der Waals surface area contributed by atoms with Crippen LogP contribution in [0.4, 0.5) is 0 Å². The summed E-state index contributed by atoms with van der Waals surface area (Å²) in [6.45, 7) is 7.28. The zero-order chi connectivity index (χ0) is 19.2. The molecule has 1 fully saturated rings. The lowest BCUT2D eigenvalue weighted by Gasteiger charge is -2.33. The van der Waals surface area contributed by atoms with Crippen molar-refractivity contribution in [3.05, 3.63) is 47.4 Å². The van der Waals surface area contributed by atoms with Crippen LogP contribution in [-0.4, -0.2) is 50.7 Å². The van der Waals surface area contributed by atoms with E-state index < -0.39 is 0 Å². The van der Waals surface area contributed by atoms with Crippen LogP contribution in [0.3, 0.4) is 0 Å². The standard InChI is InChI=1S/C22H32N2O3/c1-17-5-7-20(27-17)16-24-11-9-18(10-12-24)14-23(2)15-19-6-8-21(25-3)22(13-19)26-4/h5-8,13,18H,9-12,14-16H2,1-4H3. The molecule has 1 aromatic heterocycles. The van der Waals surface area contributed by atoms with Crippen molar-refractivity contribution in [2.75, 3.05) is 40.9 Å². The highest BCUT2D eigenvalue weighted by Gasteiger charge is 2.21. The van der Waals surface area contributed by atoms with Crippen LogP contribution in [-0.2, 0) is 13.1 Å². The summed E-state index contributed by atoms with van der Waals surface area (Å²) in [6.07, 6.45) is 2.49. The molecule has 3 rings (SSSR count). The van der Waals surface area contributed by atoms with Crippen LogP contribution in [0, 0.1) is 12.8 Å². The molecule has 1 saturated heterocycles. The molecule has 0 spiro atoms. The molecule has 5 nitrogen and oxygen atoms in total. The first-order valence-corrected chi connectivity index (χ1v) is 9.74. The van der Waals surface area contributed by atoms with Gasteiger partial charge in [-0.15, -0.1) is 0 Å². The van der Waals surface area contributed by atoms with Crippen molar-refractivity contribution in [2.45, 2.75) is 32.9 Å². The van der Waals surface area contributed by atoms with Gasteiger partial charge in [0.1, 0.15) is 11.5 Å². The Morgan fingerprint density at radius 3 is 2.44 bits per heavy atom. The molecule has 27 heavy (non-hydrogen) atoms. The monoisotopic (exact) mass is 372 g/mol. The average molecular weight is 373 g/mol. The normalized spacial score (nSPS) is 16.0. The minimum absolute atomic E-state index is 0.754. The molecule has 2 heterocycles. The van der Waals surface area contributed by atoms with Crippen LogP contribution < -0.4 is 9.47 Å². The molecule has 1 aliphatic rings. The summed E-state index contributed by atoms with van der Waals surface area (Å²) in [5.41, 5.74) is 1.25. The quantitative estimate of drug-likeness (QED) is 0.701. The second-order valence-electron chi connectivity index (χ2n) is 7.62. The highest BCUT2D eigenvalue weighted by molar-refractivity contribution is 5.42. The number of ether oxygens (including phenoxy) is 2. The number of likely N-dealkylation sites (tertiary alicyclic amines) is 1. The molecule has 148 valence electrons. The number of methoxy groups -OCH3 is 2. The molecule has 0 radical (unpaired) electrons. The Kier molecular flexibility index (Phi) is 6.80. The van der Waals surface area contributed by atoms with Gasteiger partial charge in [-0.25, -0.2) is 0 Å². The molecule has 0 unspecified atom stereocenters. The van der Waals surface area contributed by atoms with E-state index in [0.717, 1.165) is 61.7 Å². The highest BCUT2D eigenvalue weighted by atomic mass is 16.5. The smallest absolute Gasteiger partial charge is 0.161 e. The largest absolute Gasteiger partial charge is 0.493 e. The molecule has 5 heteroatoms. The third kappa shape index (κ3) is 5.50. The van der Waals surface area contributed by atoms with Crippen molar-refractivity contribution in [3.8, 4) is 11.5 Å². The summed E-state index contributed by atoms with van der Waals surface area (Å²) in [5, 5.41) is 0. The topological polar surface area (TPSA) is 38.1 Å². The van der Waals surface area contributed by atoms with Crippen LogP contribution in [0.2, 0.25) is 0 Å². The lowest BCUT2D eigenvalue weighted by molar-refractivity contribution is 0.140. The Balaban J connectivity index is 1.44. The molecular formula is C22H32N2O3. The van der Waals surface area contributed by atoms with E-state index in [1.54, 1.807) is 14.2 Å². The van der Waals surface area contributed by atoms with E-state index in [1.165, 1.54) is 18.4 Å². The van der Waals surface area contributed by atoms with Crippen molar-refractivity contribution in [3.63, 3.8) is 0 Å². The summed E-state index contributed by atoms with van der Waals surface area (Å²) in [5.74, 6) is 4.41. The SMILES string of the molecule is COc1ccc(CN(C)CC2CCN(Cc3ccc(C)o3)CC2)cc1OC. The Labute approximate surface area is 162 Å². The molecule has 0 N–H and O–H groups in total. The van der Waals surface area contributed by atoms with Gasteiger partial charge in [-0.2, -0.15) is 0 Å². The van der Waals surface area contributed by atoms with Gasteiger partial charge in [-0.05, 0) is 75.6 Å². The highest BCUT2D eigenvalue weighted by Crippen LogP contribution is 2.28. The number of rotatable bonds is 8. The number of aryl methyl sites for hydroxylation is 1. The zero-order valence-corrected chi connectivity index (χ0v) is 17.0. The molecule has 1 aromatic carbocycles. The fourth-order valence-electron chi connectivity index (χ4n) is 3.91. The van der Waals surface area contributed by atoms with Crippen LogP contribution in [0.15, 0.2) is 34.7 Å². The van der Waals surface area contributed by atoms with Crippen molar-refractivity contribution < 1.29 is 13.9 Å². The first-order valence-electron chi connectivity index (χ1n) is 9.74. The van der Waals surface area contributed by atoms with E-state index in [9.17, 15) is 0 Å².